The van der Waals surface area contributed by atoms with Crippen LogP contribution in [0, 0.1) is 6.92 Å². The van der Waals surface area contributed by atoms with Crippen LogP contribution in [0.2, 0.25) is 0 Å². The van der Waals surface area contributed by atoms with Gasteiger partial charge in [0.15, 0.2) is 7.28 Å². The minimum Gasteiger partial charge on any atom is -0.354 e. The third kappa shape index (κ3) is 4.02. The zero-order valence-corrected chi connectivity index (χ0v) is 27.9. The quantitative estimate of drug-likeness (QED) is 0.193. The summed E-state index contributed by atoms with van der Waals surface area (Å²) in [5.74, 6) is 0. The summed E-state index contributed by atoms with van der Waals surface area (Å²) < 4.78 is 2.51. The second kappa shape index (κ2) is 10.4. The lowest BCUT2D eigenvalue weighted by Gasteiger charge is -2.27. The van der Waals surface area contributed by atoms with Crippen LogP contribution in [-0.4, -0.2) is 11.8 Å². The van der Waals surface area contributed by atoms with Crippen molar-refractivity contribution >= 4 is 51.4 Å². The monoisotopic (exact) mass is 625 g/mol. The Morgan fingerprint density at radius 3 is 2.22 bits per heavy atom. The van der Waals surface area contributed by atoms with Crippen molar-refractivity contribution in [1.82, 2.24) is 4.57 Å². The van der Waals surface area contributed by atoms with Gasteiger partial charge in [-0.3, -0.25) is 0 Å². The minimum atomic E-state index is -0.112. The normalized spacial score (nSPS) is 13.5. The van der Waals surface area contributed by atoms with Gasteiger partial charge in [0.2, 0.25) is 0 Å². The van der Waals surface area contributed by atoms with Gasteiger partial charge in [0.05, 0.1) is 11.2 Å². The average Bonchev–Trinajstić information content (AvgIpc) is 3.60. The molecule has 2 nitrogen and oxygen atoms in total. The lowest BCUT2D eigenvalue weighted by molar-refractivity contribution is 0.660. The van der Waals surface area contributed by atoms with Crippen molar-refractivity contribution < 1.29 is 0 Å². The molecule has 0 atom stereocenters. The number of para-hydroxylation sites is 3. The number of aryl methyl sites for hydroxylation is 1. The average molecular weight is 626 g/mol. The van der Waals surface area contributed by atoms with Crippen LogP contribution < -0.4 is 16.2 Å². The molecule has 1 aliphatic carbocycles. The molecule has 8 aromatic rings. The van der Waals surface area contributed by atoms with E-state index in [4.69, 9.17) is 0 Å². The summed E-state index contributed by atoms with van der Waals surface area (Å²) >= 11 is 0. The van der Waals surface area contributed by atoms with Crippen molar-refractivity contribution in [1.29, 1.82) is 0 Å². The van der Waals surface area contributed by atoms with Crippen LogP contribution in [0.3, 0.4) is 0 Å². The molecule has 0 bridgehead atoms. The fraction of sp³-hybridized carbons (Fsp3) is 0.0870. The van der Waals surface area contributed by atoms with Gasteiger partial charge in [0, 0.05) is 44.2 Å². The summed E-state index contributed by atoms with van der Waals surface area (Å²) in [6.45, 7) is 6.91. The van der Waals surface area contributed by atoms with Gasteiger partial charge in [-0.05, 0) is 75.6 Å². The fourth-order valence-corrected chi connectivity index (χ4v) is 8.56. The first-order valence-corrected chi connectivity index (χ1v) is 17.2. The molecule has 1 aromatic heterocycles. The fourth-order valence-electron chi connectivity index (χ4n) is 8.56. The van der Waals surface area contributed by atoms with E-state index in [9.17, 15) is 0 Å². The van der Waals surface area contributed by atoms with Crippen LogP contribution in [0.25, 0.3) is 60.9 Å². The molecule has 1 N–H and O–H groups in total. The lowest BCUT2D eigenvalue weighted by atomic mass is 9.58. The zero-order valence-electron chi connectivity index (χ0n) is 27.9. The first-order chi connectivity index (χ1) is 24.0. The maximum Gasteiger partial charge on any atom is 0.197 e. The van der Waals surface area contributed by atoms with Gasteiger partial charge in [-0.2, -0.15) is 0 Å². The SMILES string of the molecule is Cc1ccccc1Nc1c(-c2cc(-c3ccccc3)cc3c2[B]c2cccc4c5ccccc5n-3c24)ccc2c1-c1ccccc1C2(C)C. The van der Waals surface area contributed by atoms with Crippen LogP contribution in [-0.2, 0) is 5.41 Å². The summed E-state index contributed by atoms with van der Waals surface area (Å²) in [7, 11) is 2.42. The molecule has 231 valence electrons. The van der Waals surface area contributed by atoms with E-state index >= 15 is 0 Å². The Kier molecular flexibility index (Phi) is 5.96. The van der Waals surface area contributed by atoms with E-state index in [0.717, 1.165) is 11.4 Å². The largest absolute Gasteiger partial charge is 0.354 e. The highest BCUT2D eigenvalue weighted by Gasteiger charge is 2.38. The predicted octanol–water partition coefficient (Wildman–Crippen LogP) is 10.4. The Morgan fingerprint density at radius 1 is 0.592 bits per heavy atom. The molecule has 1 radical (unpaired) electrons. The van der Waals surface area contributed by atoms with Crippen molar-refractivity contribution in [3.63, 3.8) is 0 Å². The Labute approximate surface area is 287 Å². The number of rotatable bonds is 4. The maximum absolute atomic E-state index is 4.03. The van der Waals surface area contributed by atoms with Crippen LogP contribution in [0.15, 0.2) is 146 Å². The highest BCUT2D eigenvalue weighted by atomic mass is 15.0. The highest BCUT2D eigenvalue weighted by Crippen LogP contribution is 2.54. The number of nitrogens with one attached hydrogen (secondary N) is 1. The number of hydrogen-bond acceptors (Lipinski definition) is 1. The smallest absolute Gasteiger partial charge is 0.197 e. The van der Waals surface area contributed by atoms with E-state index in [1.165, 1.54) is 88.5 Å². The molecule has 0 unspecified atom stereocenters. The van der Waals surface area contributed by atoms with Gasteiger partial charge in [0.1, 0.15) is 0 Å². The summed E-state index contributed by atoms with van der Waals surface area (Å²) in [4.78, 5) is 0. The molecule has 7 aromatic carbocycles. The van der Waals surface area contributed by atoms with Crippen LogP contribution in [0.5, 0.6) is 0 Å². The zero-order chi connectivity index (χ0) is 32.9. The lowest BCUT2D eigenvalue weighted by Crippen LogP contribution is -2.37. The van der Waals surface area contributed by atoms with E-state index in [-0.39, 0.29) is 5.41 Å². The number of anilines is 2. The Hall–Kier alpha value is -5.80. The summed E-state index contributed by atoms with van der Waals surface area (Å²) in [5, 5.41) is 6.60. The van der Waals surface area contributed by atoms with Gasteiger partial charge in [0.25, 0.3) is 0 Å². The first-order valence-electron chi connectivity index (χ1n) is 17.2. The van der Waals surface area contributed by atoms with Crippen molar-refractivity contribution in [2.45, 2.75) is 26.2 Å². The van der Waals surface area contributed by atoms with Gasteiger partial charge < -0.3 is 9.88 Å². The van der Waals surface area contributed by atoms with E-state index in [0.29, 0.717) is 0 Å². The first kappa shape index (κ1) is 28.2. The molecule has 0 saturated heterocycles. The van der Waals surface area contributed by atoms with Gasteiger partial charge >= 0.3 is 0 Å². The van der Waals surface area contributed by atoms with Gasteiger partial charge in [-0.15, -0.1) is 0 Å². The second-order valence-corrected chi connectivity index (χ2v) is 14.1. The molecule has 1 aliphatic heterocycles. The van der Waals surface area contributed by atoms with E-state index < -0.39 is 0 Å². The topological polar surface area (TPSA) is 17.0 Å². The molecule has 0 spiro atoms. The molecule has 0 saturated carbocycles. The predicted molar refractivity (Wildman–Crippen MR) is 209 cm³/mol. The molecule has 10 rings (SSSR count). The van der Waals surface area contributed by atoms with Crippen molar-refractivity contribution in [2.24, 2.45) is 0 Å². The summed E-state index contributed by atoms with van der Waals surface area (Å²) in [5.41, 5.74) is 19.8. The Balaban J connectivity index is 1.33. The maximum atomic E-state index is 4.03. The molecule has 0 amide bonds. The number of fused-ring (bicyclic) bond motifs is 8. The van der Waals surface area contributed by atoms with Crippen LogP contribution in [0.4, 0.5) is 11.4 Å². The van der Waals surface area contributed by atoms with Crippen molar-refractivity contribution in [3.05, 3.63) is 162 Å². The molecule has 2 heterocycles. The summed E-state index contributed by atoms with van der Waals surface area (Å²) in [6, 6.07) is 53.6. The molecule has 49 heavy (non-hydrogen) atoms. The van der Waals surface area contributed by atoms with Crippen LogP contribution >= 0.6 is 0 Å². The Bertz CT molecular complexity index is 2640. The molecule has 2 aliphatic rings. The van der Waals surface area contributed by atoms with E-state index in [2.05, 4.69) is 184 Å². The summed E-state index contributed by atoms with van der Waals surface area (Å²) in [6.07, 6.45) is 0. The Morgan fingerprint density at radius 2 is 1.35 bits per heavy atom. The third-order valence-electron chi connectivity index (χ3n) is 11.0. The van der Waals surface area contributed by atoms with Crippen LogP contribution in [0.1, 0.15) is 30.5 Å². The third-order valence-corrected chi connectivity index (χ3v) is 11.0. The standard InChI is InChI=1S/C46H34BN2/c1-28-14-7-11-22-39(28)48-44-32(24-25-37-42(44)34-18-8-10-20-36(34)46(37,2)3)35-26-30(29-15-5-4-6-16-29)27-41-43(35)47-38-21-13-19-33-31-17-9-12-23-40(31)49(41)45(33)38/h4-27,48H,1-3H3. The molecule has 0 fully saturated rings. The van der Waals surface area contributed by atoms with Crippen molar-refractivity contribution in [3.8, 4) is 39.1 Å². The number of hydrogen-bond donors (Lipinski definition) is 1. The van der Waals surface area contributed by atoms with Gasteiger partial charge in [-0.1, -0.05) is 141 Å². The van der Waals surface area contributed by atoms with Gasteiger partial charge in [-0.25, -0.2) is 0 Å². The molecule has 3 heteroatoms. The second-order valence-electron chi connectivity index (χ2n) is 14.1. The van der Waals surface area contributed by atoms with Crippen molar-refractivity contribution in [2.75, 3.05) is 5.32 Å². The minimum absolute atomic E-state index is 0.112. The number of aromatic nitrogens is 1. The molecular weight excluding hydrogens is 591 g/mol. The number of benzene rings is 7. The van der Waals surface area contributed by atoms with E-state index in [1.807, 2.05) is 0 Å². The molecular formula is C46H34BN2. The van der Waals surface area contributed by atoms with E-state index in [1.54, 1.807) is 0 Å². The number of nitrogens with zero attached hydrogens (tertiary/aromatic N) is 1. The highest BCUT2D eigenvalue weighted by molar-refractivity contribution is 6.73.